The van der Waals surface area contributed by atoms with Crippen molar-refractivity contribution in [3.63, 3.8) is 0 Å². The number of nitrogens with zero attached hydrogens (tertiary/aromatic N) is 4. The molecule has 4 heterocycles. The van der Waals surface area contributed by atoms with Gasteiger partial charge in [0.25, 0.3) is 0 Å². The first-order chi connectivity index (χ1) is 16.1. The Morgan fingerprint density at radius 2 is 1.03 bits per heavy atom. The van der Waals surface area contributed by atoms with Gasteiger partial charge in [-0.1, -0.05) is 38.1 Å². The molecule has 4 aromatic heterocycles. The third-order valence-electron chi connectivity index (χ3n) is 4.95. The summed E-state index contributed by atoms with van der Waals surface area (Å²) in [6.07, 6.45) is 3.54. The Bertz CT molecular complexity index is 1060. The standard InChI is InChI=1S/C27H28N4O2/c1-27(2,19-32-17-21-9-7-13-25(30-21)23-11-3-5-15-28-23)20-33-18-22-10-8-14-26(31-22)24-12-4-6-16-29-24/h3-16H,17-20H2,1-2H3. The molecule has 6 heteroatoms. The number of ether oxygens (including phenoxy) is 2. The van der Waals surface area contributed by atoms with E-state index in [-0.39, 0.29) is 5.41 Å². The van der Waals surface area contributed by atoms with Crippen LogP contribution in [0.1, 0.15) is 25.2 Å². The fourth-order valence-corrected chi connectivity index (χ4v) is 3.34. The number of rotatable bonds is 10. The molecule has 168 valence electrons. The molecule has 0 N–H and O–H groups in total. The largest absolute Gasteiger partial charge is 0.375 e. The minimum atomic E-state index is -0.142. The van der Waals surface area contributed by atoms with Crippen LogP contribution in [0.2, 0.25) is 0 Å². The smallest absolute Gasteiger partial charge is 0.0890 e. The van der Waals surface area contributed by atoms with E-state index in [9.17, 15) is 0 Å². The summed E-state index contributed by atoms with van der Waals surface area (Å²) < 4.78 is 11.9. The normalized spacial score (nSPS) is 11.5. The van der Waals surface area contributed by atoms with Crippen molar-refractivity contribution in [2.75, 3.05) is 13.2 Å². The second-order valence-corrected chi connectivity index (χ2v) is 8.61. The SMILES string of the molecule is CC(C)(COCc1cccc(-c2ccccn2)n1)COCc1cccc(-c2ccccn2)n1. The van der Waals surface area contributed by atoms with Crippen LogP contribution >= 0.6 is 0 Å². The van der Waals surface area contributed by atoms with Gasteiger partial charge in [0.1, 0.15) is 0 Å². The molecular formula is C27H28N4O2. The Morgan fingerprint density at radius 3 is 1.45 bits per heavy atom. The van der Waals surface area contributed by atoms with Gasteiger partial charge in [-0.15, -0.1) is 0 Å². The molecule has 4 rings (SSSR count). The summed E-state index contributed by atoms with van der Waals surface area (Å²) in [7, 11) is 0. The van der Waals surface area contributed by atoms with Crippen LogP contribution in [0.25, 0.3) is 22.8 Å². The van der Waals surface area contributed by atoms with Crippen molar-refractivity contribution >= 4 is 0 Å². The summed E-state index contributed by atoms with van der Waals surface area (Å²) in [6.45, 7) is 6.26. The molecule has 0 fully saturated rings. The Morgan fingerprint density at radius 1 is 0.576 bits per heavy atom. The van der Waals surface area contributed by atoms with Gasteiger partial charge in [0.2, 0.25) is 0 Å². The predicted molar refractivity (Wildman–Crippen MR) is 128 cm³/mol. The minimum absolute atomic E-state index is 0.142. The van der Waals surface area contributed by atoms with Crippen LogP contribution in [0.3, 0.4) is 0 Å². The first kappa shape index (κ1) is 22.7. The summed E-state index contributed by atoms with van der Waals surface area (Å²) >= 11 is 0. The van der Waals surface area contributed by atoms with E-state index < -0.39 is 0 Å². The molecule has 0 unspecified atom stereocenters. The van der Waals surface area contributed by atoms with Gasteiger partial charge in [-0.25, -0.2) is 9.97 Å². The fraction of sp³-hybridized carbons (Fsp3) is 0.259. The highest BCUT2D eigenvalue weighted by Crippen LogP contribution is 2.20. The van der Waals surface area contributed by atoms with Gasteiger partial charge in [0, 0.05) is 17.8 Å². The van der Waals surface area contributed by atoms with Gasteiger partial charge < -0.3 is 9.47 Å². The molecule has 4 aromatic rings. The summed E-state index contributed by atoms with van der Waals surface area (Å²) in [5, 5.41) is 0. The molecule has 0 saturated carbocycles. The number of aromatic nitrogens is 4. The Hall–Kier alpha value is -3.48. The van der Waals surface area contributed by atoms with E-state index in [4.69, 9.17) is 9.47 Å². The highest BCUT2D eigenvalue weighted by atomic mass is 16.5. The molecule has 33 heavy (non-hydrogen) atoms. The lowest BCUT2D eigenvalue weighted by Crippen LogP contribution is -2.25. The summed E-state index contributed by atoms with van der Waals surface area (Å²) in [6, 6.07) is 23.4. The van der Waals surface area contributed by atoms with Crippen molar-refractivity contribution in [1.82, 2.24) is 19.9 Å². The molecule has 0 spiro atoms. The highest BCUT2D eigenvalue weighted by Gasteiger charge is 2.19. The van der Waals surface area contributed by atoms with Gasteiger partial charge in [-0.2, -0.15) is 0 Å². The zero-order chi connectivity index (χ0) is 22.9. The van der Waals surface area contributed by atoms with Crippen molar-refractivity contribution < 1.29 is 9.47 Å². The molecular weight excluding hydrogens is 412 g/mol. The van der Waals surface area contributed by atoms with Gasteiger partial charge in [0.05, 0.1) is 60.6 Å². The van der Waals surface area contributed by atoms with Crippen molar-refractivity contribution in [2.24, 2.45) is 5.41 Å². The van der Waals surface area contributed by atoms with Crippen molar-refractivity contribution in [1.29, 1.82) is 0 Å². The maximum atomic E-state index is 5.97. The number of hydrogen-bond donors (Lipinski definition) is 0. The van der Waals surface area contributed by atoms with E-state index in [1.165, 1.54) is 0 Å². The lowest BCUT2D eigenvalue weighted by molar-refractivity contribution is -0.0156. The predicted octanol–water partition coefficient (Wildman–Crippen LogP) is 5.36. The van der Waals surface area contributed by atoms with E-state index in [0.29, 0.717) is 26.4 Å². The maximum Gasteiger partial charge on any atom is 0.0890 e. The number of hydrogen-bond acceptors (Lipinski definition) is 6. The Balaban J connectivity index is 1.25. The first-order valence-electron chi connectivity index (χ1n) is 11.0. The van der Waals surface area contributed by atoms with E-state index in [1.54, 1.807) is 12.4 Å². The third kappa shape index (κ3) is 6.75. The van der Waals surface area contributed by atoms with Crippen molar-refractivity contribution in [3.8, 4) is 22.8 Å². The quantitative estimate of drug-likeness (QED) is 0.331. The van der Waals surface area contributed by atoms with Crippen LogP contribution in [0.4, 0.5) is 0 Å². The highest BCUT2D eigenvalue weighted by molar-refractivity contribution is 5.54. The molecule has 0 aliphatic rings. The number of pyridine rings is 4. The Labute approximate surface area is 194 Å². The van der Waals surface area contributed by atoms with E-state index >= 15 is 0 Å². The first-order valence-corrected chi connectivity index (χ1v) is 11.0. The molecule has 0 saturated heterocycles. The van der Waals surface area contributed by atoms with Crippen LogP contribution in [0.15, 0.2) is 85.2 Å². The molecule has 0 aromatic carbocycles. The molecule has 0 amide bonds. The monoisotopic (exact) mass is 440 g/mol. The topological polar surface area (TPSA) is 70.0 Å². The van der Waals surface area contributed by atoms with Crippen molar-refractivity contribution in [2.45, 2.75) is 27.1 Å². The van der Waals surface area contributed by atoms with Crippen LogP contribution in [-0.4, -0.2) is 33.1 Å². The lowest BCUT2D eigenvalue weighted by atomic mass is 9.96. The van der Waals surface area contributed by atoms with Gasteiger partial charge in [0.15, 0.2) is 0 Å². The van der Waals surface area contributed by atoms with Crippen LogP contribution < -0.4 is 0 Å². The molecule has 0 atom stereocenters. The second kappa shape index (κ2) is 10.9. The average Bonchev–Trinajstić information content (AvgIpc) is 2.85. The maximum absolute atomic E-state index is 5.97. The van der Waals surface area contributed by atoms with E-state index in [2.05, 4.69) is 33.8 Å². The molecule has 0 radical (unpaired) electrons. The Kier molecular flexibility index (Phi) is 7.50. The van der Waals surface area contributed by atoms with Crippen LogP contribution in [0.5, 0.6) is 0 Å². The second-order valence-electron chi connectivity index (χ2n) is 8.61. The van der Waals surface area contributed by atoms with Crippen LogP contribution in [-0.2, 0) is 22.7 Å². The average molecular weight is 441 g/mol. The molecule has 6 nitrogen and oxygen atoms in total. The lowest BCUT2D eigenvalue weighted by Gasteiger charge is -2.24. The zero-order valence-corrected chi connectivity index (χ0v) is 19.0. The third-order valence-corrected chi connectivity index (χ3v) is 4.95. The molecule has 0 aliphatic heterocycles. The van der Waals surface area contributed by atoms with Crippen molar-refractivity contribution in [3.05, 3.63) is 96.6 Å². The fourth-order valence-electron chi connectivity index (χ4n) is 3.34. The van der Waals surface area contributed by atoms with Crippen LogP contribution in [0, 0.1) is 5.41 Å². The van der Waals surface area contributed by atoms with Gasteiger partial charge in [-0.05, 0) is 48.5 Å². The zero-order valence-electron chi connectivity index (χ0n) is 19.0. The van der Waals surface area contributed by atoms with Gasteiger partial charge >= 0.3 is 0 Å². The molecule has 0 bridgehead atoms. The molecule has 0 aliphatic carbocycles. The van der Waals surface area contributed by atoms with E-state index in [1.807, 2.05) is 72.8 Å². The minimum Gasteiger partial charge on any atom is -0.375 e. The van der Waals surface area contributed by atoms with E-state index in [0.717, 1.165) is 34.2 Å². The summed E-state index contributed by atoms with van der Waals surface area (Å²) in [5.41, 5.74) is 5.02. The van der Waals surface area contributed by atoms with Gasteiger partial charge in [-0.3, -0.25) is 9.97 Å². The summed E-state index contributed by atoms with van der Waals surface area (Å²) in [5.74, 6) is 0. The summed E-state index contributed by atoms with van der Waals surface area (Å²) in [4.78, 5) is 18.1.